The van der Waals surface area contributed by atoms with Gasteiger partial charge in [0.25, 0.3) is 0 Å². The third kappa shape index (κ3) is 9.84. The fraction of sp³-hybridized carbons (Fsp3) is 0.486. The van der Waals surface area contributed by atoms with Crippen molar-refractivity contribution in [3.8, 4) is 5.75 Å². The lowest BCUT2D eigenvalue weighted by atomic mass is 9.98. The molecule has 0 spiro atoms. The van der Waals surface area contributed by atoms with E-state index in [0.717, 1.165) is 46.4 Å². The normalized spacial score (nSPS) is 12.4. The van der Waals surface area contributed by atoms with E-state index < -0.39 is 17.9 Å². The lowest BCUT2D eigenvalue weighted by molar-refractivity contribution is -0.145. The first-order chi connectivity index (χ1) is 19.0. The van der Waals surface area contributed by atoms with Crippen LogP contribution in [-0.4, -0.2) is 17.0 Å². The van der Waals surface area contributed by atoms with E-state index in [1.165, 1.54) is 64.2 Å². The molecule has 4 heteroatoms. The van der Waals surface area contributed by atoms with Crippen molar-refractivity contribution in [2.24, 2.45) is 5.92 Å². The fourth-order valence-electron chi connectivity index (χ4n) is 5.30. The molecule has 1 unspecified atom stereocenters. The number of hydrogen-bond acceptors (Lipinski definition) is 3. The van der Waals surface area contributed by atoms with Crippen LogP contribution in [0.5, 0.6) is 5.75 Å². The Morgan fingerprint density at radius 2 is 1.44 bits per heavy atom. The van der Waals surface area contributed by atoms with Gasteiger partial charge in [-0.1, -0.05) is 132 Å². The van der Waals surface area contributed by atoms with Crippen LogP contribution in [0.1, 0.15) is 102 Å². The van der Waals surface area contributed by atoms with Gasteiger partial charge in [-0.25, -0.2) is 0 Å². The zero-order valence-electron chi connectivity index (χ0n) is 23.9. The number of rotatable bonds is 18. The van der Waals surface area contributed by atoms with Gasteiger partial charge in [0.15, 0.2) is 0 Å². The van der Waals surface area contributed by atoms with Crippen LogP contribution in [0.3, 0.4) is 0 Å². The van der Waals surface area contributed by atoms with Gasteiger partial charge in [0.2, 0.25) is 0 Å². The van der Waals surface area contributed by atoms with Crippen LogP contribution in [-0.2, 0) is 9.59 Å². The summed E-state index contributed by atoms with van der Waals surface area (Å²) < 4.78 is 5.89. The van der Waals surface area contributed by atoms with E-state index in [1.54, 1.807) is 6.08 Å². The van der Waals surface area contributed by atoms with Crippen molar-refractivity contribution in [3.63, 3.8) is 0 Å². The third-order valence-electron chi connectivity index (χ3n) is 7.56. The number of carbonyl (C=O) groups excluding carboxylic acids is 1. The highest BCUT2D eigenvalue weighted by atomic mass is 16.5. The van der Waals surface area contributed by atoms with Gasteiger partial charge in [-0.2, -0.15) is 0 Å². The minimum atomic E-state index is -1.00. The quantitative estimate of drug-likeness (QED) is 0.0584. The number of esters is 1. The Hall–Kier alpha value is -3.14. The molecule has 210 valence electrons. The number of unbranched alkanes of at least 4 members (excludes halogenated alkanes) is 12. The zero-order valence-corrected chi connectivity index (χ0v) is 23.9. The topological polar surface area (TPSA) is 63.6 Å². The Bertz CT molecular complexity index is 1230. The second-order valence-corrected chi connectivity index (χ2v) is 10.8. The molecule has 0 fully saturated rings. The highest BCUT2D eigenvalue weighted by Crippen LogP contribution is 2.37. The first-order valence-electron chi connectivity index (χ1n) is 15.0. The van der Waals surface area contributed by atoms with E-state index in [2.05, 4.69) is 13.0 Å². The van der Waals surface area contributed by atoms with Crippen LogP contribution in [0.4, 0.5) is 0 Å². The van der Waals surface area contributed by atoms with Gasteiger partial charge in [-0.05, 0) is 42.2 Å². The Morgan fingerprint density at radius 3 is 2.10 bits per heavy atom. The number of carboxylic acid groups (broad SMARTS) is 1. The van der Waals surface area contributed by atoms with Crippen LogP contribution < -0.4 is 4.74 Å². The monoisotopic (exact) mass is 530 g/mol. The largest absolute Gasteiger partial charge is 0.481 e. The molecule has 0 aromatic heterocycles. The molecule has 3 aromatic carbocycles. The lowest BCUT2D eigenvalue weighted by Gasteiger charge is -2.14. The van der Waals surface area contributed by atoms with E-state index in [0.29, 0.717) is 5.75 Å². The first kappa shape index (κ1) is 30.4. The number of allylic oxidation sites excluding steroid dienone is 1. The molecule has 0 saturated heterocycles. The number of hydrogen-bond donors (Lipinski definition) is 1. The van der Waals surface area contributed by atoms with Gasteiger partial charge in [-0.15, -0.1) is 0 Å². The number of aliphatic carboxylic acids is 1. The van der Waals surface area contributed by atoms with Crippen LogP contribution in [0, 0.1) is 12.8 Å². The molecular formula is C35H46O4. The van der Waals surface area contributed by atoms with E-state index in [1.807, 2.05) is 55.5 Å². The summed E-state index contributed by atoms with van der Waals surface area (Å²) in [4.78, 5) is 24.8. The summed E-state index contributed by atoms with van der Waals surface area (Å²) in [5.41, 5.74) is 1.01. The number of aryl methyl sites for hydroxylation is 1. The zero-order chi connectivity index (χ0) is 27.9. The molecule has 0 aliphatic carbocycles. The third-order valence-corrected chi connectivity index (χ3v) is 7.56. The molecule has 0 heterocycles. The maximum atomic E-state index is 13.0. The standard InChI is InChI=1S/C35H46O4/c1-3-4-5-6-7-8-9-10-11-12-13-14-15-16-22-30(35(37)38)26-32(36)39-34-31-24-18-17-21-28(31)25-29-23-19-20-27(2)33(29)34/h16-25,30H,3-15,26H2,1-2H3,(H,37,38). The number of ether oxygens (including phenoxy) is 1. The van der Waals surface area contributed by atoms with Crippen molar-refractivity contribution >= 4 is 33.5 Å². The summed E-state index contributed by atoms with van der Waals surface area (Å²) in [6, 6.07) is 15.9. The van der Waals surface area contributed by atoms with E-state index in [4.69, 9.17) is 4.74 Å². The number of fused-ring (bicyclic) bond motifs is 2. The fourth-order valence-corrected chi connectivity index (χ4v) is 5.30. The van der Waals surface area contributed by atoms with Gasteiger partial charge < -0.3 is 9.84 Å². The van der Waals surface area contributed by atoms with E-state index in [9.17, 15) is 14.7 Å². The molecule has 39 heavy (non-hydrogen) atoms. The Balaban J connectivity index is 1.45. The van der Waals surface area contributed by atoms with E-state index >= 15 is 0 Å². The molecule has 1 atom stereocenters. The summed E-state index contributed by atoms with van der Waals surface area (Å²) in [5, 5.41) is 13.4. The minimum absolute atomic E-state index is 0.194. The van der Waals surface area contributed by atoms with Crippen molar-refractivity contribution < 1.29 is 19.4 Å². The summed E-state index contributed by atoms with van der Waals surface area (Å²) in [7, 11) is 0. The molecule has 0 aliphatic heterocycles. The van der Waals surface area contributed by atoms with Crippen LogP contribution >= 0.6 is 0 Å². The SMILES string of the molecule is CCCCCCCCCCCCCCC=CC(CC(=O)Oc1c2ccccc2cc2cccc(C)c12)C(=O)O. The average Bonchev–Trinajstić information content (AvgIpc) is 2.92. The van der Waals surface area contributed by atoms with Gasteiger partial charge >= 0.3 is 11.9 Å². The molecule has 0 saturated carbocycles. The Labute approximate surface area is 234 Å². The van der Waals surface area contributed by atoms with Crippen molar-refractivity contribution in [2.75, 3.05) is 0 Å². The van der Waals surface area contributed by atoms with Gasteiger partial charge in [0, 0.05) is 10.8 Å². The van der Waals surface area contributed by atoms with Crippen molar-refractivity contribution in [1.29, 1.82) is 0 Å². The first-order valence-corrected chi connectivity index (χ1v) is 15.0. The number of carbonyl (C=O) groups is 2. The van der Waals surface area contributed by atoms with E-state index in [-0.39, 0.29) is 6.42 Å². The maximum absolute atomic E-state index is 13.0. The molecule has 0 aliphatic rings. The molecule has 3 aromatic rings. The molecule has 3 rings (SSSR count). The highest BCUT2D eigenvalue weighted by Gasteiger charge is 2.21. The molecular weight excluding hydrogens is 484 g/mol. The second-order valence-electron chi connectivity index (χ2n) is 10.8. The summed E-state index contributed by atoms with van der Waals surface area (Å²) >= 11 is 0. The smallest absolute Gasteiger partial charge is 0.312 e. The summed E-state index contributed by atoms with van der Waals surface area (Å²) in [6.45, 7) is 4.25. The van der Waals surface area contributed by atoms with Gasteiger partial charge in [-0.3, -0.25) is 9.59 Å². The van der Waals surface area contributed by atoms with Crippen molar-refractivity contribution in [2.45, 2.75) is 104 Å². The van der Waals surface area contributed by atoms with Crippen molar-refractivity contribution in [3.05, 3.63) is 66.2 Å². The van der Waals surface area contributed by atoms with Crippen LogP contribution in [0.25, 0.3) is 21.5 Å². The average molecular weight is 531 g/mol. The van der Waals surface area contributed by atoms with Crippen LogP contribution in [0.2, 0.25) is 0 Å². The predicted octanol–water partition coefficient (Wildman–Crippen LogP) is 9.95. The maximum Gasteiger partial charge on any atom is 0.312 e. The van der Waals surface area contributed by atoms with Crippen molar-refractivity contribution in [1.82, 2.24) is 0 Å². The molecule has 0 radical (unpaired) electrons. The predicted molar refractivity (Wildman–Crippen MR) is 162 cm³/mol. The lowest BCUT2D eigenvalue weighted by Crippen LogP contribution is -2.19. The molecule has 0 bridgehead atoms. The highest BCUT2D eigenvalue weighted by molar-refractivity contribution is 6.07. The summed E-state index contributed by atoms with van der Waals surface area (Å²) in [5.74, 6) is -1.91. The Kier molecular flexibility index (Phi) is 13.1. The van der Waals surface area contributed by atoms with Gasteiger partial charge in [0.1, 0.15) is 5.75 Å². The molecule has 4 nitrogen and oxygen atoms in total. The van der Waals surface area contributed by atoms with Gasteiger partial charge in [0.05, 0.1) is 12.3 Å². The van der Waals surface area contributed by atoms with Crippen LogP contribution in [0.15, 0.2) is 60.7 Å². The Morgan fingerprint density at radius 1 is 0.821 bits per heavy atom. The number of benzene rings is 3. The molecule has 0 amide bonds. The minimum Gasteiger partial charge on any atom is -0.481 e. The second kappa shape index (κ2) is 16.7. The molecule has 1 N–H and O–H groups in total. The number of carboxylic acids is 1. The summed E-state index contributed by atoms with van der Waals surface area (Å²) in [6.07, 6.45) is 19.8.